The molecule has 0 amide bonds. The molecule has 0 aromatic rings. The van der Waals surface area contributed by atoms with E-state index in [-0.39, 0.29) is 0 Å². The first-order valence-corrected chi connectivity index (χ1v) is 3.79. The number of hydrogen-bond acceptors (Lipinski definition) is 5. The lowest BCUT2D eigenvalue weighted by atomic mass is 10.4. The monoisotopic (exact) mass is 172 g/mol. The van der Waals surface area contributed by atoms with Crippen LogP contribution >= 0.6 is 0 Å². The second-order valence-corrected chi connectivity index (χ2v) is 3.58. The van der Waals surface area contributed by atoms with Crippen molar-refractivity contribution in [1.82, 2.24) is 0 Å². The number of rotatable bonds is 2. The Bertz CT molecular complexity index is 198. The summed E-state index contributed by atoms with van der Waals surface area (Å²) in [6.07, 6.45) is 0. The maximum absolute atomic E-state index is 10.1. The molecule has 0 aromatic carbocycles. The van der Waals surface area contributed by atoms with Gasteiger partial charge in [-0.25, -0.2) is 0 Å². The van der Waals surface area contributed by atoms with Gasteiger partial charge in [0.25, 0.3) is 16.1 Å². The number of hydrogen-bond donors (Lipinski definition) is 4. The molecule has 0 fully saturated rings. The van der Waals surface area contributed by atoms with E-state index in [1.807, 2.05) is 0 Å². The minimum atomic E-state index is -4.61. The quantitative estimate of drug-likeness (QED) is 0.280. The van der Waals surface area contributed by atoms with Crippen LogP contribution in [0.3, 0.4) is 0 Å². The van der Waals surface area contributed by atoms with E-state index in [0.717, 1.165) is 6.92 Å². The molecule has 6 nitrogen and oxygen atoms in total. The summed E-state index contributed by atoms with van der Waals surface area (Å²) >= 11 is 0. The van der Waals surface area contributed by atoms with Crippen molar-refractivity contribution in [3.05, 3.63) is 0 Å². The van der Waals surface area contributed by atoms with Crippen LogP contribution in [0.1, 0.15) is 6.92 Å². The predicted octanol–water partition coefficient (Wildman–Crippen LogP) is -2.11. The molecule has 7 heteroatoms. The van der Waals surface area contributed by atoms with Crippen LogP contribution in [-0.4, -0.2) is 39.5 Å². The van der Waals surface area contributed by atoms with Gasteiger partial charge in [-0.1, -0.05) is 0 Å². The third kappa shape index (κ3) is 2.58. The lowest BCUT2D eigenvalue weighted by Crippen LogP contribution is -2.44. The van der Waals surface area contributed by atoms with E-state index < -0.39 is 21.3 Å². The highest BCUT2D eigenvalue weighted by Crippen LogP contribution is 2.09. The Kier molecular flexibility index (Phi) is 2.39. The average molecular weight is 172 g/mol. The van der Waals surface area contributed by atoms with E-state index in [4.69, 9.17) is 19.9 Å². The van der Waals surface area contributed by atoms with Crippen molar-refractivity contribution in [3.63, 3.8) is 0 Å². The van der Waals surface area contributed by atoms with Crippen molar-refractivity contribution in [2.75, 3.05) is 0 Å². The molecule has 0 saturated heterocycles. The van der Waals surface area contributed by atoms with Gasteiger partial charge in [0.05, 0.1) is 0 Å². The first-order chi connectivity index (χ1) is 4.15. The summed E-state index contributed by atoms with van der Waals surface area (Å²) in [4.78, 5) is 0. The molecule has 0 aliphatic heterocycles. The fourth-order valence-corrected chi connectivity index (χ4v) is 0.599. The summed E-state index contributed by atoms with van der Waals surface area (Å²) in [5.74, 6) is -3.40. The van der Waals surface area contributed by atoms with E-state index in [0.29, 0.717) is 0 Å². The summed E-state index contributed by atoms with van der Waals surface area (Å²) in [5, 5.41) is 22.5. The Hall–Kier alpha value is -0.210. The highest BCUT2D eigenvalue weighted by molar-refractivity contribution is 7.86. The van der Waals surface area contributed by atoms with Gasteiger partial charge >= 0.3 is 0 Å². The molecule has 62 valence electrons. The Labute approximate surface area is 57.5 Å². The average Bonchev–Trinajstić information content (AvgIpc) is 1.59. The van der Waals surface area contributed by atoms with Gasteiger partial charge in [-0.15, -0.1) is 0 Å². The van der Waals surface area contributed by atoms with Crippen molar-refractivity contribution in [1.29, 1.82) is 0 Å². The normalized spacial score (nSPS) is 16.9. The molecule has 1 atom stereocenters. The van der Waals surface area contributed by atoms with Crippen molar-refractivity contribution in [2.24, 2.45) is 0 Å². The van der Waals surface area contributed by atoms with Crippen LogP contribution in [0.25, 0.3) is 0 Å². The summed E-state index contributed by atoms with van der Waals surface area (Å²) in [6, 6.07) is 0. The Morgan fingerprint density at radius 1 is 1.30 bits per heavy atom. The molecule has 0 saturated carbocycles. The van der Waals surface area contributed by atoms with Crippen LogP contribution in [0.15, 0.2) is 0 Å². The fourth-order valence-electron chi connectivity index (χ4n) is 0.200. The summed E-state index contributed by atoms with van der Waals surface area (Å²) < 4.78 is 28.2. The van der Waals surface area contributed by atoms with E-state index in [1.165, 1.54) is 0 Å². The topological polar surface area (TPSA) is 115 Å². The second kappa shape index (κ2) is 2.44. The predicted molar refractivity (Wildman–Crippen MR) is 30.4 cm³/mol. The Morgan fingerprint density at radius 2 is 1.60 bits per heavy atom. The fraction of sp³-hybridized carbons (Fsp3) is 1.00. The van der Waals surface area contributed by atoms with Crippen molar-refractivity contribution in [3.8, 4) is 0 Å². The lowest BCUT2D eigenvalue weighted by molar-refractivity contribution is -0.309. The highest BCUT2D eigenvalue weighted by atomic mass is 32.2. The summed E-state index contributed by atoms with van der Waals surface area (Å²) in [5.41, 5.74) is 0. The molecule has 0 spiro atoms. The SMILES string of the molecule is CC(C(O)(O)O)S(=O)(=O)O. The zero-order valence-corrected chi connectivity index (χ0v) is 5.91. The minimum absolute atomic E-state index is 0.745. The molecular formula is C3H8O6S. The molecule has 0 bridgehead atoms. The van der Waals surface area contributed by atoms with E-state index in [9.17, 15) is 8.42 Å². The van der Waals surface area contributed by atoms with Crippen LogP contribution in [0.2, 0.25) is 0 Å². The molecular weight excluding hydrogens is 164 g/mol. The van der Waals surface area contributed by atoms with E-state index >= 15 is 0 Å². The van der Waals surface area contributed by atoms with Gasteiger partial charge in [0.15, 0.2) is 5.25 Å². The van der Waals surface area contributed by atoms with E-state index in [2.05, 4.69) is 0 Å². The highest BCUT2D eigenvalue weighted by Gasteiger charge is 2.37. The smallest absolute Gasteiger partial charge is 0.295 e. The number of aliphatic hydroxyl groups is 3. The lowest BCUT2D eigenvalue weighted by Gasteiger charge is -2.18. The zero-order valence-electron chi connectivity index (χ0n) is 5.09. The van der Waals surface area contributed by atoms with Crippen molar-refractivity contribution >= 4 is 10.1 Å². The molecule has 10 heavy (non-hydrogen) atoms. The molecule has 0 radical (unpaired) electrons. The zero-order chi connectivity index (χ0) is 8.58. The van der Waals surface area contributed by atoms with Crippen LogP contribution < -0.4 is 0 Å². The van der Waals surface area contributed by atoms with Gasteiger partial charge in [-0.2, -0.15) is 8.42 Å². The van der Waals surface area contributed by atoms with Crippen LogP contribution in [0, 0.1) is 0 Å². The molecule has 0 heterocycles. The second-order valence-electron chi connectivity index (χ2n) is 1.84. The molecule has 1 unspecified atom stereocenters. The standard InChI is InChI=1S/C3H8O6S/c1-2(3(4,5)6)10(7,8)9/h2,4-6H,1H3,(H,7,8,9). The van der Waals surface area contributed by atoms with Crippen LogP contribution in [0.4, 0.5) is 0 Å². The van der Waals surface area contributed by atoms with Gasteiger partial charge in [0.1, 0.15) is 0 Å². The van der Waals surface area contributed by atoms with Crippen molar-refractivity contribution in [2.45, 2.75) is 18.1 Å². The van der Waals surface area contributed by atoms with Gasteiger partial charge in [0.2, 0.25) is 0 Å². The molecule has 0 aliphatic rings. The molecule has 0 rings (SSSR count). The van der Waals surface area contributed by atoms with Gasteiger partial charge in [-0.05, 0) is 6.92 Å². The summed E-state index contributed by atoms with van der Waals surface area (Å²) in [7, 11) is -4.61. The third-order valence-corrected chi connectivity index (χ3v) is 2.20. The summed E-state index contributed by atoms with van der Waals surface area (Å²) in [6.45, 7) is 0.745. The van der Waals surface area contributed by atoms with Crippen LogP contribution in [0.5, 0.6) is 0 Å². The van der Waals surface area contributed by atoms with E-state index in [1.54, 1.807) is 0 Å². The maximum Gasteiger partial charge on any atom is 0.295 e. The van der Waals surface area contributed by atoms with Gasteiger partial charge in [0, 0.05) is 0 Å². The van der Waals surface area contributed by atoms with Gasteiger partial charge in [-0.3, -0.25) is 4.55 Å². The molecule has 0 aromatic heterocycles. The van der Waals surface area contributed by atoms with Gasteiger partial charge < -0.3 is 15.3 Å². The Morgan fingerprint density at radius 3 is 1.60 bits per heavy atom. The van der Waals surface area contributed by atoms with Crippen molar-refractivity contribution < 1.29 is 28.3 Å². The first kappa shape index (κ1) is 9.79. The Balaban J connectivity index is 4.56. The first-order valence-electron chi connectivity index (χ1n) is 2.29. The molecule has 4 N–H and O–H groups in total. The maximum atomic E-state index is 10.1. The van der Waals surface area contributed by atoms with Crippen LogP contribution in [-0.2, 0) is 10.1 Å². The minimum Gasteiger partial charge on any atom is -0.343 e. The third-order valence-electron chi connectivity index (χ3n) is 0.992. The molecule has 0 aliphatic carbocycles. The largest absolute Gasteiger partial charge is 0.343 e.